The van der Waals surface area contributed by atoms with Crippen LogP contribution < -0.4 is 0 Å². The number of benzene rings is 1. The average Bonchev–Trinajstić information content (AvgIpc) is 2.58. The zero-order valence-corrected chi connectivity index (χ0v) is 6.25. The predicted molar refractivity (Wildman–Crippen MR) is 46.8 cm³/mol. The molecule has 53 valence electrons. The van der Waals surface area contributed by atoms with Gasteiger partial charge in [-0.05, 0) is 23.6 Å². The summed E-state index contributed by atoms with van der Waals surface area (Å²) in [5.41, 5.74) is 2.49. The molecule has 0 spiro atoms. The van der Waals surface area contributed by atoms with E-state index in [9.17, 15) is 0 Å². The van der Waals surface area contributed by atoms with Gasteiger partial charge in [-0.25, -0.2) is 0 Å². The summed E-state index contributed by atoms with van der Waals surface area (Å²) in [6, 6.07) is 10.4. The Bertz CT molecular complexity index is 291. The van der Waals surface area contributed by atoms with Crippen molar-refractivity contribution >= 4 is 5.57 Å². The zero-order chi connectivity index (χ0) is 7.52. The van der Waals surface area contributed by atoms with E-state index in [-0.39, 0.29) is 0 Å². The van der Waals surface area contributed by atoms with Crippen molar-refractivity contribution in [2.75, 3.05) is 0 Å². The van der Waals surface area contributed by atoms with Crippen LogP contribution in [-0.2, 0) is 0 Å². The van der Waals surface area contributed by atoms with E-state index in [2.05, 4.69) is 42.5 Å². The minimum Gasteiger partial charge on any atom is -0.0795 e. The largest absolute Gasteiger partial charge is 0.0795 e. The Kier molecular flexibility index (Phi) is 1.60. The molecule has 0 heteroatoms. The highest BCUT2D eigenvalue weighted by molar-refractivity contribution is 5.74. The molecule has 0 N–H and O–H groups in total. The summed E-state index contributed by atoms with van der Waals surface area (Å²) in [5.74, 6) is 0. The molecule has 11 heavy (non-hydrogen) atoms. The Balaban J connectivity index is 2.37. The van der Waals surface area contributed by atoms with Crippen LogP contribution in [-0.4, -0.2) is 0 Å². The maximum Gasteiger partial charge on any atom is -0.00849 e. The van der Waals surface area contributed by atoms with Gasteiger partial charge in [0.1, 0.15) is 0 Å². The molecule has 1 aromatic carbocycles. The maximum absolute atomic E-state index is 3.28. The molecule has 0 saturated carbocycles. The molecule has 0 aromatic heterocycles. The van der Waals surface area contributed by atoms with Crippen LogP contribution in [0.1, 0.15) is 12.0 Å². The fourth-order valence-electron chi connectivity index (χ4n) is 1.22. The summed E-state index contributed by atoms with van der Waals surface area (Å²) in [6.45, 7) is 0. The quantitative estimate of drug-likeness (QED) is 0.564. The third kappa shape index (κ3) is 1.25. The van der Waals surface area contributed by atoms with Crippen molar-refractivity contribution in [1.29, 1.82) is 0 Å². The molecule has 0 bridgehead atoms. The van der Waals surface area contributed by atoms with Gasteiger partial charge in [-0.2, -0.15) is 0 Å². The minimum atomic E-state index is 0.963. The van der Waals surface area contributed by atoms with E-state index in [4.69, 9.17) is 0 Å². The van der Waals surface area contributed by atoms with Crippen LogP contribution >= 0.6 is 0 Å². The van der Waals surface area contributed by atoms with Crippen molar-refractivity contribution in [2.45, 2.75) is 6.42 Å². The minimum absolute atomic E-state index is 0.963. The molecule has 1 aliphatic rings. The molecule has 0 nitrogen and oxygen atoms in total. The van der Waals surface area contributed by atoms with Crippen LogP contribution in [0.3, 0.4) is 0 Å². The maximum atomic E-state index is 3.28. The number of rotatable bonds is 1. The molecule has 0 saturated heterocycles. The topological polar surface area (TPSA) is 0 Å². The normalized spacial score (nSPS) is 15.1. The third-order valence-electron chi connectivity index (χ3n) is 1.78. The van der Waals surface area contributed by atoms with E-state index >= 15 is 0 Å². The molecule has 0 amide bonds. The number of allylic oxidation sites excluding steroid dienone is 4. The second kappa shape index (κ2) is 2.75. The molecular weight excluding hydrogens is 132 g/mol. The summed E-state index contributed by atoms with van der Waals surface area (Å²) >= 11 is 0. The van der Waals surface area contributed by atoms with E-state index in [1.807, 2.05) is 6.07 Å². The molecule has 0 aliphatic heterocycles. The Morgan fingerprint density at radius 1 is 1.09 bits per heavy atom. The van der Waals surface area contributed by atoms with Gasteiger partial charge in [-0.1, -0.05) is 42.5 Å². The molecule has 0 atom stereocenters. The molecule has 1 radical (unpaired) electrons. The monoisotopic (exact) mass is 141 g/mol. The second-order valence-electron chi connectivity index (χ2n) is 2.56. The van der Waals surface area contributed by atoms with Crippen LogP contribution in [0, 0.1) is 6.08 Å². The van der Waals surface area contributed by atoms with E-state index in [0.29, 0.717) is 0 Å². The Hall–Kier alpha value is -1.30. The molecule has 0 fully saturated rings. The van der Waals surface area contributed by atoms with Gasteiger partial charge >= 0.3 is 0 Å². The van der Waals surface area contributed by atoms with Crippen molar-refractivity contribution in [3.05, 3.63) is 54.1 Å². The fourth-order valence-corrected chi connectivity index (χ4v) is 1.22. The van der Waals surface area contributed by atoms with Gasteiger partial charge in [0.05, 0.1) is 0 Å². The first-order valence-corrected chi connectivity index (χ1v) is 3.79. The average molecular weight is 141 g/mol. The lowest BCUT2D eigenvalue weighted by Crippen LogP contribution is -1.75. The highest BCUT2D eigenvalue weighted by Crippen LogP contribution is 2.19. The zero-order valence-electron chi connectivity index (χ0n) is 6.25. The van der Waals surface area contributed by atoms with Crippen LogP contribution in [0.15, 0.2) is 42.5 Å². The first-order chi connectivity index (χ1) is 5.47. The Morgan fingerprint density at radius 3 is 2.55 bits per heavy atom. The lowest BCUT2D eigenvalue weighted by molar-refractivity contribution is 1.40. The lowest BCUT2D eigenvalue weighted by atomic mass is 10.1. The van der Waals surface area contributed by atoms with Gasteiger partial charge in [-0.3, -0.25) is 0 Å². The Morgan fingerprint density at radius 2 is 1.91 bits per heavy atom. The molecular formula is C11H9. The van der Waals surface area contributed by atoms with Gasteiger partial charge in [-0.15, -0.1) is 0 Å². The first-order valence-electron chi connectivity index (χ1n) is 3.79. The lowest BCUT2D eigenvalue weighted by Gasteiger charge is -1.96. The molecule has 1 aromatic rings. The van der Waals surface area contributed by atoms with Crippen molar-refractivity contribution in [2.24, 2.45) is 0 Å². The van der Waals surface area contributed by atoms with Gasteiger partial charge in [0.25, 0.3) is 0 Å². The summed E-state index contributed by atoms with van der Waals surface area (Å²) in [5, 5.41) is 0. The second-order valence-corrected chi connectivity index (χ2v) is 2.56. The van der Waals surface area contributed by atoms with E-state index in [1.54, 1.807) is 0 Å². The Labute approximate surface area is 66.9 Å². The van der Waals surface area contributed by atoms with E-state index < -0.39 is 0 Å². The van der Waals surface area contributed by atoms with Crippen molar-refractivity contribution in [1.82, 2.24) is 0 Å². The van der Waals surface area contributed by atoms with Crippen molar-refractivity contribution in [3.8, 4) is 0 Å². The number of hydrogen-bond acceptors (Lipinski definition) is 0. The SMILES string of the molecule is [C]1=C(c2ccccc2)C=CC1. The van der Waals surface area contributed by atoms with Gasteiger partial charge < -0.3 is 0 Å². The smallest absolute Gasteiger partial charge is 0.00849 e. The van der Waals surface area contributed by atoms with Gasteiger partial charge in [0.2, 0.25) is 0 Å². The molecule has 0 unspecified atom stereocenters. The van der Waals surface area contributed by atoms with Crippen molar-refractivity contribution < 1.29 is 0 Å². The predicted octanol–water partition coefficient (Wildman–Crippen LogP) is 2.83. The van der Waals surface area contributed by atoms with E-state index in [0.717, 1.165) is 6.42 Å². The summed E-state index contributed by atoms with van der Waals surface area (Å²) in [7, 11) is 0. The van der Waals surface area contributed by atoms with Gasteiger partial charge in [0.15, 0.2) is 0 Å². The summed E-state index contributed by atoms with van der Waals surface area (Å²) in [4.78, 5) is 0. The molecule has 1 aliphatic carbocycles. The summed E-state index contributed by atoms with van der Waals surface area (Å²) in [6.07, 6.45) is 8.49. The highest BCUT2D eigenvalue weighted by Gasteiger charge is 1.99. The standard InChI is InChI=1S/C11H9/c1-2-6-10(7-3-1)11-8-4-5-9-11/h1-4,6-8H,5H2. The molecule has 2 rings (SSSR count). The first kappa shape index (κ1) is 6.41. The van der Waals surface area contributed by atoms with Crippen LogP contribution in [0.2, 0.25) is 0 Å². The van der Waals surface area contributed by atoms with Crippen LogP contribution in [0.4, 0.5) is 0 Å². The third-order valence-corrected chi connectivity index (χ3v) is 1.78. The molecule has 0 heterocycles. The van der Waals surface area contributed by atoms with Gasteiger partial charge in [0, 0.05) is 0 Å². The van der Waals surface area contributed by atoms with Crippen LogP contribution in [0.25, 0.3) is 5.57 Å². The summed E-state index contributed by atoms with van der Waals surface area (Å²) < 4.78 is 0. The van der Waals surface area contributed by atoms with E-state index in [1.165, 1.54) is 11.1 Å². The van der Waals surface area contributed by atoms with Crippen LogP contribution in [0.5, 0.6) is 0 Å². The highest BCUT2D eigenvalue weighted by atomic mass is 14.0. The number of hydrogen-bond donors (Lipinski definition) is 0. The fraction of sp³-hybridized carbons (Fsp3) is 0.0909. The van der Waals surface area contributed by atoms with Crippen molar-refractivity contribution in [3.63, 3.8) is 0 Å².